The van der Waals surface area contributed by atoms with Crippen molar-refractivity contribution in [2.75, 3.05) is 13.1 Å². The number of halogens is 2. The van der Waals surface area contributed by atoms with Crippen molar-refractivity contribution < 1.29 is 4.79 Å². The zero-order valence-electron chi connectivity index (χ0n) is 10.2. The van der Waals surface area contributed by atoms with Crippen LogP contribution in [-0.2, 0) is 0 Å². The van der Waals surface area contributed by atoms with Gasteiger partial charge in [0.1, 0.15) is 0 Å². The van der Waals surface area contributed by atoms with E-state index in [0.29, 0.717) is 10.0 Å². The molecule has 1 atom stereocenters. The fourth-order valence-electron chi connectivity index (χ4n) is 2.13. The van der Waals surface area contributed by atoms with Crippen LogP contribution in [0.25, 0.3) is 0 Å². The molecule has 0 aromatic heterocycles. The summed E-state index contributed by atoms with van der Waals surface area (Å²) in [6.07, 6.45) is 2.17. The molecule has 1 saturated heterocycles. The fraction of sp³-hybridized carbons (Fsp3) is 0.462. The molecule has 1 unspecified atom stereocenters. The van der Waals surface area contributed by atoms with Crippen molar-refractivity contribution in [1.82, 2.24) is 10.2 Å². The maximum Gasteiger partial charge on any atom is 0.317 e. The van der Waals surface area contributed by atoms with Crippen LogP contribution in [0.4, 0.5) is 4.79 Å². The predicted molar refractivity (Wildman–Crippen MR) is 74.2 cm³/mol. The minimum atomic E-state index is -0.122. The average molecular weight is 287 g/mol. The molecular weight excluding hydrogens is 271 g/mol. The summed E-state index contributed by atoms with van der Waals surface area (Å²) in [4.78, 5) is 13.8. The Labute approximate surface area is 117 Å². The number of carbonyl (C=O) groups excluding carboxylic acids is 1. The highest BCUT2D eigenvalue weighted by Gasteiger charge is 2.20. The van der Waals surface area contributed by atoms with Gasteiger partial charge in [0.05, 0.1) is 6.04 Å². The Morgan fingerprint density at radius 1 is 1.33 bits per heavy atom. The first kappa shape index (κ1) is 13.5. The molecule has 2 rings (SSSR count). The molecule has 1 N–H and O–H groups in total. The summed E-state index contributed by atoms with van der Waals surface area (Å²) in [5.74, 6) is 0. The van der Waals surface area contributed by atoms with Gasteiger partial charge < -0.3 is 10.2 Å². The summed E-state index contributed by atoms with van der Waals surface area (Å²) < 4.78 is 0. The van der Waals surface area contributed by atoms with E-state index in [-0.39, 0.29) is 12.1 Å². The van der Waals surface area contributed by atoms with Crippen LogP contribution in [0.5, 0.6) is 0 Å². The highest BCUT2D eigenvalue weighted by Crippen LogP contribution is 2.26. The molecule has 3 nitrogen and oxygen atoms in total. The summed E-state index contributed by atoms with van der Waals surface area (Å²) in [6, 6.07) is 5.17. The van der Waals surface area contributed by atoms with Gasteiger partial charge >= 0.3 is 6.03 Å². The molecule has 1 aliphatic heterocycles. The molecule has 1 fully saturated rings. The molecule has 0 radical (unpaired) electrons. The van der Waals surface area contributed by atoms with Crippen LogP contribution in [0.2, 0.25) is 10.0 Å². The minimum Gasteiger partial charge on any atom is -0.331 e. The van der Waals surface area contributed by atoms with Gasteiger partial charge in [-0.3, -0.25) is 0 Å². The Kier molecular flexibility index (Phi) is 4.36. The number of hydrogen-bond acceptors (Lipinski definition) is 1. The number of benzene rings is 1. The molecular formula is C13H16Cl2N2O. The SMILES string of the molecule is CC(NC(=O)N1CCCC1)c1ccc(Cl)cc1Cl. The third-order valence-corrected chi connectivity index (χ3v) is 3.72. The fourth-order valence-corrected chi connectivity index (χ4v) is 2.70. The Morgan fingerprint density at radius 2 is 2.00 bits per heavy atom. The standard InChI is InChI=1S/C13H16Cl2N2O/c1-9(11-5-4-10(14)8-12(11)15)16-13(18)17-6-2-3-7-17/h4-5,8-9H,2-3,6-7H2,1H3,(H,16,18). The highest BCUT2D eigenvalue weighted by molar-refractivity contribution is 6.35. The lowest BCUT2D eigenvalue weighted by Crippen LogP contribution is -2.39. The van der Waals surface area contributed by atoms with Crippen molar-refractivity contribution in [3.63, 3.8) is 0 Å². The average Bonchev–Trinajstić information content (AvgIpc) is 2.81. The van der Waals surface area contributed by atoms with E-state index in [2.05, 4.69) is 5.32 Å². The van der Waals surface area contributed by atoms with E-state index < -0.39 is 0 Å². The maximum absolute atomic E-state index is 12.0. The number of amides is 2. The number of hydrogen-bond donors (Lipinski definition) is 1. The van der Waals surface area contributed by atoms with Crippen molar-refractivity contribution >= 4 is 29.2 Å². The monoisotopic (exact) mass is 286 g/mol. The Bertz CT molecular complexity index is 445. The molecule has 1 aliphatic rings. The van der Waals surface area contributed by atoms with E-state index in [1.54, 1.807) is 12.1 Å². The van der Waals surface area contributed by atoms with Gasteiger partial charge in [-0.15, -0.1) is 0 Å². The minimum absolute atomic E-state index is 0.0222. The Morgan fingerprint density at radius 3 is 2.61 bits per heavy atom. The van der Waals surface area contributed by atoms with Crippen molar-refractivity contribution in [2.24, 2.45) is 0 Å². The number of likely N-dealkylation sites (tertiary alicyclic amines) is 1. The summed E-state index contributed by atoms with van der Waals surface area (Å²) >= 11 is 12.0. The largest absolute Gasteiger partial charge is 0.331 e. The van der Waals surface area contributed by atoms with Crippen molar-refractivity contribution in [3.05, 3.63) is 33.8 Å². The molecule has 18 heavy (non-hydrogen) atoms. The second kappa shape index (κ2) is 5.81. The van der Waals surface area contributed by atoms with Gasteiger partial charge in [0.25, 0.3) is 0 Å². The van der Waals surface area contributed by atoms with Gasteiger partial charge in [-0.05, 0) is 37.5 Å². The molecule has 0 spiro atoms. The van der Waals surface area contributed by atoms with E-state index in [9.17, 15) is 4.79 Å². The zero-order valence-corrected chi connectivity index (χ0v) is 11.8. The number of urea groups is 1. The smallest absolute Gasteiger partial charge is 0.317 e. The second-order valence-electron chi connectivity index (χ2n) is 4.53. The van der Waals surface area contributed by atoms with Crippen LogP contribution in [0, 0.1) is 0 Å². The first-order valence-electron chi connectivity index (χ1n) is 6.08. The van der Waals surface area contributed by atoms with E-state index >= 15 is 0 Å². The van der Waals surface area contributed by atoms with Crippen molar-refractivity contribution in [2.45, 2.75) is 25.8 Å². The molecule has 5 heteroatoms. The molecule has 0 aliphatic carbocycles. The summed E-state index contributed by atoms with van der Waals surface area (Å²) in [5, 5.41) is 4.14. The van der Waals surface area contributed by atoms with E-state index in [1.165, 1.54) is 0 Å². The third-order valence-electron chi connectivity index (χ3n) is 3.16. The lowest BCUT2D eigenvalue weighted by molar-refractivity contribution is 0.205. The van der Waals surface area contributed by atoms with Crippen LogP contribution >= 0.6 is 23.2 Å². The molecule has 98 valence electrons. The first-order chi connectivity index (χ1) is 8.58. The lowest BCUT2D eigenvalue weighted by atomic mass is 10.1. The van der Waals surface area contributed by atoms with Crippen LogP contribution in [0.3, 0.4) is 0 Å². The van der Waals surface area contributed by atoms with Gasteiger partial charge in [0.2, 0.25) is 0 Å². The molecule has 0 saturated carbocycles. The van der Waals surface area contributed by atoms with Gasteiger partial charge in [0, 0.05) is 23.1 Å². The topological polar surface area (TPSA) is 32.3 Å². The molecule has 1 aromatic rings. The molecule has 2 amide bonds. The van der Waals surface area contributed by atoms with Crippen LogP contribution in [0.1, 0.15) is 31.4 Å². The zero-order chi connectivity index (χ0) is 13.1. The number of nitrogens with one attached hydrogen (secondary N) is 1. The first-order valence-corrected chi connectivity index (χ1v) is 6.84. The Balaban J connectivity index is 2.02. The van der Waals surface area contributed by atoms with E-state index in [0.717, 1.165) is 31.5 Å². The van der Waals surface area contributed by atoms with Crippen LogP contribution in [0.15, 0.2) is 18.2 Å². The van der Waals surface area contributed by atoms with Gasteiger partial charge in [-0.2, -0.15) is 0 Å². The molecule has 1 heterocycles. The number of nitrogens with zero attached hydrogens (tertiary/aromatic N) is 1. The van der Waals surface area contributed by atoms with Crippen molar-refractivity contribution in [3.8, 4) is 0 Å². The summed E-state index contributed by atoms with van der Waals surface area (Å²) in [7, 11) is 0. The Hall–Kier alpha value is -0.930. The predicted octanol–water partition coefficient (Wildman–Crippen LogP) is 3.86. The maximum atomic E-state index is 12.0. The van der Waals surface area contributed by atoms with Crippen LogP contribution < -0.4 is 5.32 Å². The third kappa shape index (κ3) is 3.09. The quantitative estimate of drug-likeness (QED) is 0.880. The van der Waals surface area contributed by atoms with Crippen LogP contribution in [-0.4, -0.2) is 24.0 Å². The molecule has 1 aromatic carbocycles. The number of carbonyl (C=O) groups is 1. The van der Waals surface area contributed by atoms with E-state index in [1.807, 2.05) is 17.9 Å². The molecule has 0 bridgehead atoms. The van der Waals surface area contributed by atoms with Crippen molar-refractivity contribution in [1.29, 1.82) is 0 Å². The normalized spacial score (nSPS) is 16.7. The number of rotatable bonds is 2. The lowest BCUT2D eigenvalue weighted by Gasteiger charge is -2.21. The van der Waals surface area contributed by atoms with Gasteiger partial charge in [0.15, 0.2) is 0 Å². The summed E-state index contributed by atoms with van der Waals surface area (Å²) in [6.45, 7) is 3.60. The highest BCUT2D eigenvalue weighted by atomic mass is 35.5. The van der Waals surface area contributed by atoms with E-state index in [4.69, 9.17) is 23.2 Å². The van der Waals surface area contributed by atoms with Gasteiger partial charge in [-0.25, -0.2) is 4.79 Å². The summed E-state index contributed by atoms with van der Waals surface area (Å²) in [5.41, 5.74) is 0.883. The van der Waals surface area contributed by atoms with Gasteiger partial charge in [-0.1, -0.05) is 29.3 Å². The second-order valence-corrected chi connectivity index (χ2v) is 5.37.